The molecular weight excluding hydrogens is 349 g/mol. The van der Waals surface area contributed by atoms with Gasteiger partial charge in [-0.05, 0) is 30.3 Å². The smallest absolute Gasteiger partial charge is 0.258 e. The van der Waals surface area contributed by atoms with Gasteiger partial charge in [0.2, 0.25) is 0 Å². The molecule has 1 aromatic heterocycles. The molecule has 0 atom stereocenters. The van der Waals surface area contributed by atoms with Crippen molar-refractivity contribution in [1.82, 2.24) is 14.9 Å². The van der Waals surface area contributed by atoms with Crippen LogP contribution >= 0.6 is 23.2 Å². The number of H-pyrrole nitrogens is 1. The average molecular weight is 362 g/mol. The van der Waals surface area contributed by atoms with E-state index in [0.29, 0.717) is 32.3 Å². The zero-order valence-electron chi connectivity index (χ0n) is 12.7. The van der Waals surface area contributed by atoms with Gasteiger partial charge in [-0.25, -0.2) is 4.98 Å². The number of nitrogens with zero attached hydrogens (tertiary/aromatic N) is 2. The lowest BCUT2D eigenvalue weighted by Crippen LogP contribution is -2.28. The fourth-order valence-corrected chi connectivity index (χ4v) is 2.74. The van der Waals surface area contributed by atoms with Crippen LogP contribution in [0.2, 0.25) is 10.0 Å². The fraction of sp³-hybridized carbons (Fsp3) is 0.118. The van der Waals surface area contributed by atoms with Gasteiger partial charge in [0.15, 0.2) is 0 Å². The molecule has 24 heavy (non-hydrogen) atoms. The standard InChI is InChI=1S/C17H13Cl2N3O2/c1-22(17(24)12-8-10(18)6-7-13(12)19)9-15-20-14-5-3-2-4-11(14)16(23)21-15/h2-8H,9H2,1H3,(H,20,21,23). The molecule has 7 heteroatoms. The van der Waals surface area contributed by atoms with Crippen LogP contribution < -0.4 is 5.56 Å². The second-order valence-electron chi connectivity index (χ2n) is 5.32. The Bertz CT molecular complexity index is 985. The van der Waals surface area contributed by atoms with E-state index < -0.39 is 0 Å². The van der Waals surface area contributed by atoms with Gasteiger partial charge in [0, 0.05) is 12.1 Å². The quantitative estimate of drug-likeness (QED) is 0.776. The molecule has 0 aliphatic rings. The Balaban J connectivity index is 1.89. The molecule has 0 spiro atoms. The van der Waals surface area contributed by atoms with Gasteiger partial charge < -0.3 is 9.88 Å². The van der Waals surface area contributed by atoms with Gasteiger partial charge in [0.1, 0.15) is 5.82 Å². The van der Waals surface area contributed by atoms with Gasteiger partial charge in [-0.15, -0.1) is 0 Å². The van der Waals surface area contributed by atoms with E-state index in [4.69, 9.17) is 23.2 Å². The maximum atomic E-state index is 12.5. The normalized spacial score (nSPS) is 10.8. The Hall–Kier alpha value is -2.37. The van der Waals surface area contributed by atoms with Gasteiger partial charge in [0.05, 0.1) is 28.0 Å². The number of aromatic amines is 1. The first-order valence-corrected chi connectivity index (χ1v) is 7.90. The number of para-hydroxylation sites is 1. The number of benzene rings is 2. The summed E-state index contributed by atoms with van der Waals surface area (Å²) in [6, 6.07) is 11.7. The zero-order chi connectivity index (χ0) is 17.3. The summed E-state index contributed by atoms with van der Waals surface area (Å²) in [5.74, 6) is 0.0889. The van der Waals surface area contributed by atoms with Gasteiger partial charge >= 0.3 is 0 Å². The lowest BCUT2D eigenvalue weighted by atomic mass is 10.2. The summed E-state index contributed by atoms with van der Waals surface area (Å²) in [5.41, 5.74) is 0.643. The molecule has 0 saturated carbocycles. The number of fused-ring (bicyclic) bond motifs is 1. The van der Waals surface area contributed by atoms with E-state index in [1.165, 1.54) is 11.0 Å². The molecule has 122 valence electrons. The predicted molar refractivity (Wildman–Crippen MR) is 94.6 cm³/mol. The second-order valence-corrected chi connectivity index (χ2v) is 6.16. The second kappa shape index (κ2) is 6.63. The van der Waals surface area contributed by atoms with Crippen LogP contribution in [0.5, 0.6) is 0 Å². The van der Waals surface area contributed by atoms with Crippen LogP contribution in [0, 0.1) is 0 Å². The van der Waals surface area contributed by atoms with E-state index in [-0.39, 0.29) is 18.0 Å². The van der Waals surface area contributed by atoms with Gasteiger partial charge in [-0.3, -0.25) is 9.59 Å². The molecule has 1 heterocycles. The molecule has 3 rings (SSSR count). The number of hydrogen-bond acceptors (Lipinski definition) is 3. The number of aromatic nitrogens is 2. The third kappa shape index (κ3) is 3.27. The Kier molecular flexibility index (Phi) is 4.55. The minimum atomic E-state index is -0.307. The first kappa shape index (κ1) is 16.5. The highest BCUT2D eigenvalue weighted by Gasteiger charge is 2.17. The van der Waals surface area contributed by atoms with Crippen molar-refractivity contribution in [2.45, 2.75) is 6.54 Å². The van der Waals surface area contributed by atoms with Crippen LogP contribution in [0.1, 0.15) is 16.2 Å². The Morgan fingerprint density at radius 2 is 1.96 bits per heavy atom. The molecule has 0 unspecified atom stereocenters. The van der Waals surface area contributed by atoms with Crippen molar-refractivity contribution in [3.63, 3.8) is 0 Å². The van der Waals surface area contributed by atoms with Crippen LogP contribution in [-0.2, 0) is 6.54 Å². The molecule has 1 amide bonds. The summed E-state index contributed by atoms with van der Waals surface area (Å²) in [6.45, 7) is 0.141. The fourth-order valence-electron chi connectivity index (χ4n) is 2.37. The number of amides is 1. The highest BCUT2D eigenvalue weighted by atomic mass is 35.5. The summed E-state index contributed by atoms with van der Waals surface area (Å²) in [4.78, 5) is 33.1. The molecule has 1 N–H and O–H groups in total. The number of rotatable bonds is 3. The Morgan fingerprint density at radius 3 is 2.75 bits per heavy atom. The van der Waals surface area contributed by atoms with Gasteiger partial charge in [-0.2, -0.15) is 0 Å². The van der Waals surface area contributed by atoms with Crippen LogP contribution in [0.3, 0.4) is 0 Å². The van der Waals surface area contributed by atoms with Crippen molar-refractivity contribution >= 4 is 40.0 Å². The molecular formula is C17H13Cl2N3O2. The highest BCUT2D eigenvalue weighted by molar-refractivity contribution is 6.35. The first-order valence-electron chi connectivity index (χ1n) is 7.14. The summed E-state index contributed by atoms with van der Waals surface area (Å²) in [7, 11) is 1.61. The molecule has 0 fully saturated rings. The lowest BCUT2D eigenvalue weighted by Gasteiger charge is -2.17. The number of carbonyl (C=O) groups excluding carboxylic acids is 1. The van der Waals surface area contributed by atoms with Crippen molar-refractivity contribution in [1.29, 1.82) is 0 Å². The molecule has 0 bridgehead atoms. The monoisotopic (exact) mass is 361 g/mol. The third-order valence-corrected chi connectivity index (χ3v) is 4.12. The summed E-state index contributed by atoms with van der Waals surface area (Å²) in [5, 5.41) is 1.25. The number of halogens is 2. The van der Waals surface area contributed by atoms with Crippen molar-refractivity contribution in [2.24, 2.45) is 0 Å². The van der Waals surface area contributed by atoms with E-state index in [1.54, 1.807) is 43.4 Å². The maximum absolute atomic E-state index is 12.5. The summed E-state index contributed by atoms with van der Waals surface area (Å²) < 4.78 is 0. The van der Waals surface area contributed by atoms with Gasteiger partial charge in [0.25, 0.3) is 11.5 Å². The van der Waals surface area contributed by atoms with E-state index in [1.807, 2.05) is 0 Å². The lowest BCUT2D eigenvalue weighted by molar-refractivity contribution is 0.0781. The van der Waals surface area contributed by atoms with Crippen molar-refractivity contribution in [2.75, 3.05) is 7.05 Å². The summed E-state index contributed by atoms with van der Waals surface area (Å²) >= 11 is 12.0. The Labute approximate surface area is 147 Å². The van der Waals surface area contributed by atoms with Crippen LogP contribution in [-0.4, -0.2) is 27.8 Å². The van der Waals surface area contributed by atoms with Crippen LogP contribution in [0.25, 0.3) is 10.9 Å². The molecule has 0 aliphatic carbocycles. The minimum Gasteiger partial charge on any atom is -0.334 e. The molecule has 0 saturated heterocycles. The highest BCUT2D eigenvalue weighted by Crippen LogP contribution is 2.22. The molecule has 0 radical (unpaired) electrons. The van der Waals surface area contributed by atoms with Gasteiger partial charge in [-0.1, -0.05) is 35.3 Å². The Morgan fingerprint density at radius 1 is 1.21 bits per heavy atom. The number of hydrogen-bond donors (Lipinski definition) is 1. The molecule has 2 aromatic carbocycles. The first-order chi connectivity index (χ1) is 11.5. The largest absolute Gasteiger partial charge is 0.334 e. The topological polar surface area (TPSA) is 66.1 Å². The van der Waals surface area contributed by atoms with Crippen molar-refractivity contribution < 1.29 is 4.79 Å². The van der Waals surface area contributed by atoms with Crippen LogP contribution in [0.4, 0.5) is 0 Å². The molecule has 5 nitrogen and oxygen atoms in total. The van der Waals surface area contributed by atoms with E-state index >= 15 is 0 Å². The third-order valence-electron chi connectivity index (χ3n) is 3.55. The molecule has 0 aliphatic heterocycles. The van der Waals surface area contributed by atoms with E-state index in [2.05, 4.69) is 9.97 Å². The summed E-state index contributed by atoms with van der Waals surface area (Å²) in [6.07, 6.45) is 0. The predicted octanol–water partition coefficient (Wildman–Crippen LogP) is 3.50. The number of carbonyl (C=O) groups is 1. The van der Waals surface area contributed by atoms with E-state index in [9.17, 15) is 9.59 Å². The maximum Gasteiger partial charge on any atom is 0.258 e. The SMILES string of the molecule is CN(Cc1nc2ccccc2c(=O)[nH]1)C(=O)c1cc(Cl)ccc1Cl. The van der Waals surface area contributed by atoms with Crippen LogP contribution in [0.15, 0.2) is 47.3 Å². The van der Waals surface area contributed by atoms with Crippen molar-refractivity contribution in [3.8, 4) is 0 Å². The van der Waals surface area contributed by atoms with E-state index in [0.717, 1.165) is 0 Å². The average Bonchev–Trinajstić information content (AvgIpc) is 2.56. The zero-order valence-corrected chi connectivity index (χ0v) is 14.2. The number of nitrogens with one attached hydrogen (secondary N) is 1. The van der Waals surface area contributed by atoms with Crippen molar-refractivity contribution in [3.05, 3.63) is 74.3 Å². The minimum absolute atomic E-state index is 0.141. The molecule has 3 aromatic rings.